The number of nitrogens with one attached hydrogen (secondary N) is 1. The van der Waals surface area contributed by atoms with E-state index in [0.717, 1.165) is 13.1 Å². The minimum Gasteiger partial charge on any atom is -0.313 e. The van der Waals surface area contributed by atoms with Gasteiger partial charge in [-0.1, -0.05) is 18.2 Å². The number of rotatable bonds is 7. The molecule has 0 aliphatic rings. The first-order chi connectivity index (χ1) is 7.75. The van der Waals surface area contributed by atoms with E-state index >= 15 is 0 Å². The molecule has 2 heteroatoms. The largest absolute Gasteiger partial charge is 0.313 e. The van der Waals surface area contributed by atoms with E-state index in [2.05, 4.69) is 43.6 Å². The Morgan fingerprint density at radius 1 is 1.19 bits per heavy atom. The van der Waals surface area contributed by atoms with Crippen LogP contribution in [0.5, 0.6) is 0 Å². The number of hydrogen-bond donors (Lipinski definition) is 1. The monoisotopic (exact) mass is 237 g/mol. The Morgan fingerprint density at radius 3 is 2.75 bits per heavy atom. The molecule has 0 atom stereocenters. The maximum atomic E-state index is 3.52. The Morgan fingerprint density at radius 2 is 2.00 bits per heavy atom. The minimum atomic E-state index is 1.01. The van der Waals surface area contributed by atoms with Gasteiger partial charge in [0.15, 0.2) is 0 Å². The van der Waals surface area contributed by atoms with Crippen LogP contribution in [0.1, 0.15) is 29.5 Å². The van der Waals surface area contributed by atoms with Gasteiger partial charge in [-0.05, 0) is 61.9 Å². The number of unbranched alkanes of at least 4 members (excludes halogenated alkanes) is 1. The zero-order chi connectivity index (χ0) is 11.8. The third-order valence-electron chi connectivity index (χ3n) is 2.98. The van der Waals surface area contributed by atoms with Gasteiger partial charge in [0.25, 0.3) is 0 Å². The van der Waals surface area contributed by atoms with Gasteiger partial charge in [-0.25, -0.2) is 0 Å². The van der Waals surface area contributed by atoms with Crippen LogP contribution >= 0.6 is 11.8 Å². The number of thioether (sulfide) groups is 1. The van der Waals surface area contributed by atoms with E-state index in [1.807, 2.05) is 11.8 Å². The summed E-state index contributed by atoms with van der Waals surface area (Å²) in [5, 5.41) is 3.52. The van der Waals surface area contributed by atoms with Crippen molar-refractivity contribution in [2.24, 2.45) is 0 Å². The summed E-state index contributed by atoms with van der Waals surface area (Å²) in [6.07, 6.45) is 4.77. The van der Waals surface area contributed by atoms with Crippen molar-refractivity contribution < 1.29 is 0 Å². The topological polar surface area (TPSA) is 12.0 Å². The zero-order valence-electron chi connectivity index (χ0n) is 10.7. The van der Waals surface area contributed by atoms with Crippen LogP contribution < -0.4 is 5.32 Å². The molecule has 0 fully saturated rings. The SMILES string of the molecule is CSCCCCNCc1cccc(C)c1C. The van der Waals surface area contributed by atoms with Gasteiger partial charge in [0, 0.05) is 6.54 Å². The van der Waals surface area contributed by atoms with Crippen LogP contribution in [0.2, 0.25) is 0 Å². The Kier molecular flexibility index (Phi) is 6.58. The van der Waals surface area contributed by atoms with Gasteiger partial charge in [0.05, 0.1) is 0 Å². The van der Waals surface area contributed by atoms with Crippen LogP contribution in [-0.4, -0.2) is 18.6 Å². The molecule has 0 bridgehead atoms. The highest BCUT2D eigenvalue weighted by Crippen LogP contribution is 2.12. The maximum absolute atomic E-state index is 3.52. The van der Waals surface area contributed by atoms with E-state index in [4.69, 9.17) is 0 Å². The first-order valence-corrected chi connectivity index (χ1v) is 7.40. The third-order valence-corrected chi connectivity index (χ3v) is 3.68. The van der Waals surface area contributed by atoms with Gasteiger partial charge in [-0.3, -0.25) is 0 Å². The van der Waals surface area contributed by atoms with E-state index in [9.17, 15) is 0 Å². The molecule has 1 rings (SSSR count). The van der Waals surface area contributed by atoms with Gasteiger partial charge >= 0.3 is 0 Å². The van der Waals surface area contributed by atoms with Gasteiger partial charge in [0.2, 0.25) is 0 Å². The molecule has 1 nitrogen and oxygen atoms in total. The van der Waals surface area contributed by atoms with Crippen LogP contribution in [0.25, 0.3) is 0 Å². The second-order valence-electron chi connectivity index (χ2n) is 4.24. The summed E-state index contributed by atoms with van der Waals surface area (Å²) in [6.45, 7) is 6.53. The Labute approximate surface area is 104 Å². The van der Waals surface area contributed by atoms with Crippen LogP contribution in [0.3, 0.4) is 0 Å². The molecule has 90 valence electrons. The quantitative estimate of drug-likeness (QED) is 0.728. The lowest BCUT2D eigenvalue weighted by molar-refractivity contribution is 0.642. The summed E-state index contributed by atoms with van der Waals surface area (Å²) < 4.78 is 0. The summed E-state index contributed by atoms with van der Waals surface area (Å²) in [4.78, 5) is 0. The molecule has 0 heterocycles. The predicted octanol–water partition coefficient (Wildman–Crippen LogP) is 3.54. The zero-order valence-corrected chi connectivity index (χ0v) is 11.5. The lowest BCUT2D eigenvalue weighted by Crippen LogP contribution is -2.15. The highest BCUT2D eigenvalue weighted by atomic mass is 32.2. The predicted molar refractivity (Wildman–Crippen MR) is 75.2 cm³/mol. The van der Waals surface area contributed by atoms with Crippen molar-refractivity contribution in [3.8, 4) is 0 Å². The Balaban J connectivity index is 2.24. The minimum absolute atomic E-state index is 1.01. The van der Waals surface area contributed by atoms with Crippen LogP contribution in [0.4, 0.5) is 0 Å². The molecule has 1 N–H and O–H groups in total. The van der Waals surface area contributed by atoms with E-state index < -0.39 is 0 Å². The van der Waals surface area contributed by atoms with Crippen LogP contribution in [-0.2, 0) is 6.54 Å². The number of aryl methyl sites for hydroxylation is 1. The molecule has 0 amide bonds. The van der Waals surface area contributed by atoms with Crippen molar-refractivity contribution in [3.63, 3.8) is 0 Å². The molecule has 1 aromatic rings. The second-order valence-corrected chi connectivity index (χ2v) is 5.22. The Bertz CT molecular complexity index is 310. The molecule has 0 radical (unpaired) electrons. The fraction of sp³-hybridized carbons (Fsp3) is 0.571. The molecular weight excluding hydrogens is 214 g/mol. The van der Waals surface area contributed by atoms with Crippen molar-refractivity contribution >= 4 is 11.8 Å². The van der Waals surface area contributed by atoms with Crippen molar-refractivity contribution in [2.45, 2.75) is 33.2 Å². The molecule has 0 spiro atoms. The average molecular weight is 237 g/mol. The molecule has 0 aliphatic carbocycles. The van der Waals surface area contributed by atoms with E-state index in [1.165, 1.54) is 35.3 Å². The van der Waals surface area contributed by atoms with Crippen LogP contribution in [0, 0.1) is 13.8 Å². The summed E-state index contributed by atoms with van der Waals surface area (Å²) in [6, 6.07) is 6.54. The fourth-order valence-electron chi connectivity index (χ4n) is 1.72. The van der Waals surface area contributed by atoms with Crippen molar-refractivity contribution in [2.75, 3.05) is 18.6 Å². The standard InChI is InChI=1S/C14H23NS/c1-12-7-6-8-14(13(12)2)11-15-9-4-5-10-16-3/h6-8,15H,4-5,9-11H2,1-3H3. The molecule has 16 heavy (non-hydrogen) atoms. The number of hydrogen-bond acceptors (Lipinski definition) is 2. The van der Waals surface area contributed by atoms with Crippen molar-refractivity contribution in [3.05, 3.63) is 34.9 Å². The molecular formula is C14H23NS. The molecule has 0 saturated heterocycles. The van der Waals surface area contributed by atoms with Crippen molar-refractivity contribution in [1.82, 2.24) is 5.32 Å². The lowest BCUT2D eigenvalue weighted by Gasteiger charge is -2.09. The smallest absolute Gasteiger partial charge is 0.0208 e. The lowest BCUT2D eigenvalue weighted by atomic mass is 10.0. The first-order valence-electron chi connectivity index (χ1n) is 6.00. The second kappa shape index (κ2) is 7.75. The summed E-state index contributed by atoms with van der Waals surface area (Å²) >= 11 is 1.93. The van der Waals surface area contributed by atoms with Gasteiger partial charge in [0.1, 0.15) is 0 Å². The highest BCUT2D eigenvalue weighted by molar-refractivity contribution is 7.98. The number of benzene rings is 1. The Hall–Kier alpha value is -0.470. The molecule has 0 aliphatic heterocycles. The van der Waals surface area contributed by atoms with Crippen molar-refractivity contribution in [1.29, 1.82) is 0 Å². The van der Waals surface area contributed by atoms with Crippen LogP contribution in [0.15, 0.2) is 18.2 Å². The normalized spacial score (nSPS) is 10.7. The van der Waals surface area contributed by atoms with E-state index in [-0.39, 0.29) is 0 Å². The first kappa shape index (κ1) is 13.6. The van der Waals surface area contributed by atoms with Gasteiger partial charge < -0.3 is 5.32 Å². The fourth-order valence-corrected chi connectivity index (χ4v) is 2.22. The molecule has 0 aromatic heterocycles. The van der Waals surface area contributed by atoms with E-state index in [0.29, 0.717) is 0 Å². The highest BCUT2D eigenvalue weighted by Gasteiger charge is 1.99. The summed E-state index contributed by atoms with van der Waals surface area (Å²) in [5.41, 5.74) is 4.26. The summed E-state index contributed by atoms with van der Waals surface area (Å²) in [5.74, 6) is 1.28. The molecule has 0 unspecified atom stereocenters. The van der Waals surface area contributed by atoms with Gasteiger partial charge in [-0.2, -0.15) is 11.8 Å². The summed E-state index contributed by atoms with van der Waals surface area (Å²) in [7, 11) is 0. The molecule has 1 aromatic carbocycles. The maximum Gasteiger partial charge on any atom is 0.0208 e. The molecule has 0 saturated carbocycles. The average Bonchev–Trinajstić information content (AvgIpc) is 2.29. The van der Waals surface area contributed by atoms with Gasteiger partial charge in [-0.15, -0.1) is 0 Å². The third kappa shape index (κ3) is 4.58. The van der Waals surface area contributed by atoms with E-state index in [1.54, 1.807) is 0 Å².